The zero-order chi connectivity index (χ0) is 12.6. The van der Waals surface area contributed by atoms with Crippen LogP contribution in [-0.4, -0.2) is 19.9 Å². The van der Waals surface area contributed by atoms with Gasteiger partial charge in [0.2, 0.25) is 5.75 Å². The standard InChI is InChI=1S/C9H5N3O5.Cu/c13-9-7(12(16)17)4-6(11(14)15)5-2-1-3-10-8(5)9;/h1-4,13H;/q;+2. The van der Waals surface area contributed by atoms with E-state index in [9.17, 15) is 25.3 Å². The molecule has 1 heterocycles. The maximum absolute atomic E-state index is 10.8. The Labute approximate surface area is 110 Å². The molecule has 2 aromatic rings. The van der Waals surface area contributed by atoms with Gasteiger partial charge in [-0.1, -0.05) is 0 Å². The summed E-state index contributed by atoms with van der Waals surface area (Å²) in [6.45, 7) is 0. The number of aromatic hydroxyl groups is 1. The summed E-state index contributed by atoms with van der Waals surface area (Å²) in [6, 6.07) is 3.53. The average molecular weight is 299 g/mol. The Morgan fingerprint density at radius 2 is 1.78 bits per heavy atom. The normalized spacial score (nSPS) is 9.78. The fourth-order valence-electron chi connectivity index (χ4n) is 1.49. The Kier molecular flexibility index (Phi) is 3.79. The fraction of sp³-hybridized carbons (Fsp3) is 0. The molecule has 0 aliphatic rings. The van der Waals surface area contributed by atoms with Gasteiger partial charge in [0, 0.05) is 6.20 Å². The van der Waals surface area contributed by atoms with Gasteiger partial charge in [-0.2, -0.15) is 0 Å². The third-order valence-electron chi connectivity index (χ3n) is 2.22. The number of phenols is 1. The van der Waals surface area contributed by atoms with Gasteiger partial charge in [-0.05, 0) is 12.1 Å². The van der Waals surface area contributed by atoms with Crippen molar-refractivity contribution < 1.29 is 32.0 Å². The van der Waals surface area contributed by atoms with Gasteiger partial charge >= 0.3 is 22.8 Å². The predicted octanol–water partition coefficient (Wildman–Crippen LogP) is 1.75. The van der Waals surface area contributed by atoms with Gasteiger partial charge < -0.3 is 5.11 Å². The summed E-state index contributed by atoms with van der Waals surface area (Å²) in [5, 5.41) is 31.1. The zero-order valence-corrected chi connectivity index (χ0v) is 9.47. The van der Waals surface area contributed by atoms with E-state index in [0.29, 0.717) is 0 Å². The number of rotatable bonds is 2. The molecule has 0 unspecified atom stereocenters. The first-order valence-corrected chi connectivity index (χ1v) is 4.42. The molecule has 1 aromatic carbocycles. The number of non-ortho nitro benzene ring substituents is 1. The molecule has 1 radical (unpaired) electrons. The minimum absolute atomic E-state index is 0. The van der Waals surface area contributed by atoms with E-state index in [1.165, 1.54) is 18.3 Å². The largest absolute Gasteiger partial charge is 2.00 e. The predicted molar refractivity (Wildman–Crippen MR) is 56.7 cm³/mol. The second-order valence-corrected chi connectivity index (χ2v) is 3.18. The topological polar surface area (TPSA) is 119 Å². The molecule has 8 nitrogen and oxygen atoms in total. The van der Waals surface area contributed by atoms with Crippen LogP contribution in [0.5, 0.6) is 5.75 Å². The molecule has 2 rings (SSSR count). The quantitative estimate of drug-likeness (QED) is 0.512. The summed E-state index contributed by atoms with van der Waals surface area (Å²) in [5.41, 5.74) is -1.35. The van der Waals surface area contributed by atoms with Crippen LogP contribution in [0, 0.1) is 20.2 Å². The van der Waals surface area contributed by atoms with E-state index in [1.807, 2.05) is 0 Å². The van der Waals surface area contributed by atoms with Crippen molar-refractivity contribution in [2.24, 2.45) is 0 Å². The molecule has 1 aromatic heterocycles. The second kappa shape index (κ2) is 4.94. The maximum Gasteiger partial charge on any atom is 2.00 e. The van der Waals surface area contributed by atoms with Crippen LogP contribution in [-0.2, 0) is 17.1 Å². The van der Waals surface area contributed by atoms with Crippen molar-refractivity contribution in [1.29, 1.82) is 0 Å². The van der Waals surface area contributed by atoms with E-state index >= 15 is 0 Å². The van der Waals surface area contributed by atoms with Crippen molar-refractivity contribution in [3.8, 4) is 5.75 Å². The molecule has 18 heavy (non-hydrogen) atoms. The number of phenolic OH excluding ortho intramolecular Hbond substituents is 1. The van der Waals surface area contributed by atoms with Gasteiger partial charge in [0.05, 0.1) is 21.3 Å². The van der Waals surface area contributed by atoms with Crippen molar-refractivity contribution >= 4 is 22.3 Å². The first kappa shape index (κ1) is 13.8. The van der Waals surface area contributed by atoms with E-state index < -0.39 is 27.0 Å². The molecule has 0 saturated heterocycles. The van der Waals surface area contributed by atoms with Crippen LogP contribution in [0.4, 0.5) is 11.4 Å². The summed E-state index contributed by atoms with van der Waals surface area (Å²) in [5.74, 6) is -0.670. The molecule has 0 atom stereocenters. The molecule has 1 N–H and O–H groups in total. The van der Waals surface area contributed by atoms with Crippen LogP contribution in [0.3, 0.4) is 0 Å². The van der Waals surface area contributed by atoms with Gasteiger partial charge in [-0.15, -0.1) is 0 Å². The van der Waals surface area contributed by atoms with E-state index in [0.717, 1.165) is 6.07 Å². The number of pyridine rings is 1. The van der Waals surface area contributed by atoms with Crippen LogP contribution in [0.15, 0.2) is 24.4 Å². The SMILES string of the molecule is O=[N+]([O-])c1cc([N+](=O)[O-])c2cccnc2c1O.[Cu+2]. The van der Waals surface area contributed by atoms with Gasteiger partial charge in [-0.3, -0.25) is 25.2 Å². The van der Waals surface area contributed by atoms with Crippen molar-refractivity contribution in [2.45, 2.75) is 0 Å². The van der Waals surface area contributed by atoms with E-state index in [4.69, 9.17) is 0 Å². The number of nitro benzene ring substituents is 2. The van der Waals surface area contributed by atoms with Gasteiger partial charge in [0.1, 0.15) is 5.52 Å². The van der Waals surface area contributed by atoms with E-state index in [1.54, 1.807) is 0 Å². The molecule has 0 bridgehead atoms. The van der Waals surface area contributed by atoms with Crippen molar-refractivity contribution in [1.82, 2.24) is 4.98 Å². The zero-order valence-electron chi connectivity index (χ0n) is 8.53. The molecule has 9 heteroatoms. The summed E-state index contributed by atoms with van der Waals surface area (Å²) >= 11 is 0. The van der Waals surface area contributed by atoms with Gasteiger partial charge in [0.25, 0.3) is 5.69 Å². The maximum atomic E-state index is 10.8. The monoisotopic (exact) mass is 298 g/mol. The van der Waals surface area contributed by atoms with Gasteiger partial charge in [-0.25, -0.2) is 0 Å². The minimum atomic E-state index is -0.892. The van der Waals surface area contributed by atoms with Crippen molar-refractivity contribution in [3.05, 3.63) is 44.6 Å². The van der Waals surface area contributed by atoms with Crippen molar-refractivity contribution in [2.75, 3.05) is 0 Å². The fourth-order valence-corrected chi connectivity index (χ4v) is 1.49. The molecule has 0 saturated carbocycles. The number of benzene rings is 1. The first-order chi connectivity index (χ1) is 8.02. The molecular weight excluding hydrogens is 294 g/mol. The Morgan fingerprint density at radius 1 is 1.17 bits per heavy atom. The van der Waals surface area contributed by atoms with Crippen LogP contribution >= 0.6 is 0 Å². The average Bonchev–Trinajstić information content (AvgIpc) is 2.29. The second-order valence-electron chi connectivity index (χ2n) is 3.18. The smallest absolute Gasteiger partial charge is 0.501 e. The summed E-state index contributed by atoms with van der Waals surface area (Å²) < 4.78 is 0. The Balaban J connectivity index is 0.00000162. The molecule has 0 spiro atoms. The molecule has 95 valence electrons. The molecule has 0 aliphatic heterocycles. The molecule has 0 fully saturated rings. The number of aromatic nitrogens is 1. The summed E-state index contributed by atoms with van der Waals surface area (Å²) in [6.07, 6.45) is 1.29. The summed E-state index contributed by atoms with van der Waals surface area (Å²) in [7, 11) is 0. The first-order valence-electron chi connectivity index (χ1n) is 4.42. The Morgan fingerprint density at radius 3 is 2.33 bits per heavy atom. The van der Waals surface area contributed by atoms with Crippen LogP contribution < -0.4 is 0 Å². The number of hydrogen-bond acceptors (Lipinski definition) is 6. The Hall–Kier alpha value is -2.25. The molecule has 0 aliphatic carbocycles. The molecular formula is C9H5CuN3O5+2. The van der Waals surface area contributed by atoms with Crippen LogP contribution in [0.2, 0.25) is 0 Å². The third kappa shape index (κ3) is 2.08. The Bertz CT molecular complexity index is 645. The van der Waals surface area contributed by atoms with Crippen LogP contribution in [0.1, 0.15) is 0 Å². The number of nitrogens with zero attached hydrogens (tertiary/aromatic N) is 3. The van der Waals surface area contributed by atoms with E-state index in [-0.39, 0.29) is 28.0 Å². The van der Waals surface area contributed by atoms with Crippen LogP contribution in [0.25, 0.3) is 10.9 Å². The van der Waals surface area contributed by atoms with Crippen molar-refractivity contribution in [3.63, 3.8) is 0 Å². The number of nitro groups is 2. The molecule has 0 amide bonds. The minimum Gasteiger partial charge on any atom is -0.501 e. The van der Waals surface area contributed by atoms with E-state index in [2.05, 4.69) is 4.98 Å². The van der Waals surface area contributed by atoms with Gasteiger partial charge in [0.15, 0.2) is 0 Å². The summed E-state index contributed by atoms with van der Waals surface area (Å²) in [4.78, 5) is 23.5. The number of fused-ring (bicyclic) bond motifs is 1. The third-order valence-corrected chi connectivity index (χ3v) is 2.22. The number of hydrogen-bond donors (Lipinski definition) is 1.